The molecule has 0 aromatic heterocycles. The van der Waals surface area contributed by atoms with E-state index in [1.165, 1.54) is 23.9 Å². The van der Waals surface area contributed by atoms with Gasteiger partial charge in [0.25, 0.3) is 0 Å². The van der Waals surface area contributed by atoms with Gasteiger partial charge in [0.15, 0.2) is 0 Å². The Hall–Kier alpha value is -1.07. The first-order valence-electron chi connectivity index (χ1n) is 6.31. The van der Waals surface area contributed by atoms with Crippen LogP contribution in [0.5, 0.6) is 0 Å². The van der Waals surface area contributed by atoms with Crippen molar-refractivity contribution < 1.29 is 17.9 Å². The fourth-order valence-electron chi connectivity index (χ4n) is 1.59. The minimum Gasteiger partial charge on any atom is -0.395 e. The SMILES string of the molecule is CSCC(C)NS(=O)(=O)c1ccc(C#CCCO)c(F)c1. The zero-order valence-corrected chi connectivity index (χ0v) is 13.5. The minimum atomic E-state index is -3.74. The zero-order chi connectivity index (χ0) is 15.9. The third-order valence-electron chi connectivity index (χ3n) is 2.48. The molecule has 0 fully saturated rings. The van der Waals surface area contributed by atoms with Crippen LogP contribution in [0.3, 0.4) is 0 Å². The predicted octanol–water partition coefficient (Wildman–Crippen LogP) is 1.59. The first-order valence-corrected chi connectivity index (χ1v) is 9.19. The number of hydrogen-bond acceptors (Lipinski definition) is 4. The number of hydrogen-bond donors (Lipinski definition) is 2. The van der Waals surface area contributed by atoms with Crippen molar-refractivity contribution in [1.82, 2.24) is 4.72 Å². The lowest BCUT2D eigenvalue weighted by Gasteiger charge is -2.13. The highest BCUT2D eigenvalue weighted by Gasteiger charge is 2.18. The van der Waals surface area contributed by atoms with Crippen LogP contribution in [-0.4, -0.2) is 38.2 Å². The molecule has 1 unspecified atom stereocenters. The molecule has 7 heteroatoms. The van der Waals surface area contributed by atoms with E-state index in [1.807, 2.05) is 6.26 Å². The van der Waals surface area contributed by atoms with Crippen LogP contribution < -0.4 is 4.72 Å². The molecule has 0 saturated heterocycles. The summed E-state index contributed by atoms with van der Waals surface area (Å²) in [4.78, 5) is -0.124. The maximum Gasteiger partial charge on any atom is 0.240 e. The standard InChI is InChI=1S/C14H18FNO3S2/c1-11(10-20-2)16-21(18,19)13-7-6-12(14(15)9-13)5-3-4-8-17/h6-7,9,11,16-17H,4,8,10H2,1-2H3. The van der Waals surface area contributed by atoms with Crippen LogP contribution in [0.1, 0.15) is 18.9 Å². The number of thioether (sulfide) groups is 1. The van der Waals surface area contributed by atoms with Gasteiger partial charge in [-0.25, -0.2) is 17.5 Å². The van der Waals surface area contributed by atoms with Crippen LogP contribution in [0.25, 0.3) is 0 Å². The van der Waals surface area contributed by atoms with E-state index in [-0.39, 0.29) is 29.5 Å². The molecule has 1 aromatic carbocycles. The summed E-state index contributed by atoms with van der Waals surface area (Å²) in [5.74, 6) is 5.08. The Kier molecular flexibility index (Phi) is 7.18. The van der Waals surface area contributed by atoms with E-state index in [9.17, 15) is 12.8 Å². The summed E-state index contributed by atoms with van der Waals surface area (Å²) in [6.07, 6.45) is 2.12. The van der Waals surface area contributed by atoms with Crippen molar-refractivity contribution in [3.8, 4) is 11.8 Å². The summed E-state index contributed by atoms with van der Waals surface area (Å²) in [6.45, 7) is 1.65. The molecule has 1 aromatic rings. The highest BCUT2D eigenvalue weighted by molar-refractivity contribution is 7.98. The van der Waals surface area contributed by atoms with Crippen molar-refractivity contribution in [1.29, 1.82) is 0 Å². The molecule has 21 heavy (non-hydrogen) atoms. The molecular formula is C14H18FNO3S2. The third-order valence-corrected chi connectivity index (χ3v) is 4.90. The van der Waals surface area contributed by atoms with Crippen LogP contribution in [0, 0.1) is 17.7 Å². The van der Waals surface area contributed by atoms with Crippen molar-refractivity contribution in [3.05, 3.63) is 29.6 Å². The van der Waals surface area contributed by atoms with Gasteiger partial charge in [-0.05, 0) is 31.4 Å². The van der Waals surface area contributed by atoms with Gasteiger partial charge in [-0.2, -0.15) is 11.8 Å². The van der Waals surface area contributed by atoms with Crippen molar-refractivity contribution in [3.63, 3.8) is 0 Å². The Balaban J connectivity index is 2.95. The van der Waals surface area contributed by atoms with E-state index < -0.39 is 15.8 Å². The molecule has 0 saturated carbocycles. The lowest BCUT2D eigenvalue weighted by atomic mass is 10.2. The van der Waals surface area contributed by atoms with Gasteiger partial charge in [0.2, 0.25) is 10.0 Å². The largest absolute Gasteiger partial charge is 0.395 e. The molecule has 4 nitrogen and oxygen atoms in total. The number of benzene rings is 1. The molecule has 0 amide bonds. The topological polar surface area (TPSA) is 66.4 Å². The Morgan fingerprint density at radius 2 is 2.19 bits per heavy atom. The Morgan fingerprint density at radius 3 is 2.76 bits per heavy atom. The number of aliphatic hydroxyl groups is 1. The second kappa shape index (κ2) is 8.39. The monoisotopic (exact) mass is 331 g/mol. The molecular weight excluding hydrogens is 313 g/mol. The summed E-state index contributed by atoms with van der Waals surface area (Å²) < 4.78 is 40.5. The second-order valence-corrected chi connectivity index (χ2v) is 7.02. The molecule has 116 valence electrons. The van der Waals surface area contributed by atoms with Crippen LogP contribution in [0.15, 0.2) is 23.1 Å². The molecule has 1 atom stereocenters. The molecule has 0 bridgehead atoms. The molecule has 0 aliphatic carbocycles. The maximum atomic E-state index is 13.8. The zero-order valence-electron chi connectivity index (χ0n) is 11.9. The van der Waals surface area contributed by atoms with Gasteiger partial charge in [0, 0.05) is 18.2 Å². The Morgan fingerprint density at radius 1 is 1.48 bits per heavy atom. The molecule has 0 spiro atoms. The Labute approximate surface area is 129 Å². The molecule has 0 heterocycles. The van der Waals surface area contributed by atoms with Crippen LogP contribution in [0.4, 0.5) is 4.39 Å². The predicted molar refractivity (Wildman–Crippen MR) is 83.1 cm³/mol. The quantitative estimate of drug-likeness (QED) is 0.777. The van der Waals surface area contributed by atoms with Gasteiger partial charge in [0.05, 0.1) is 17.1 Å². The second-order valence-electron chi connectivity index (χ2n) is 4.39. The summed E-state index contributed by atoms with van der Waals surface area (Å²) in [6, 6.07) is 3.36. The molecule has 0 aliphatic rings. The van der Waals surface area contributed by atoms with Gasteiger partial charge in [-0.1, -0.05) is 11.8 Å². The van der Waals surface area contributed by atoms with E-state index >= 15 is 0 Å². The summed E-state index contributed by atoms with van der Waals surface area (Å²) in [5, 5.41) is 8.61. The van der Waals surface area contributed by atoms with Gasteiger partial charge >= 0.3 is 0 Å². The fourth-order valence-corrected chi connectivity index (χ4v) is 3.54. The van der Waals surface area contributed by atoms with Crippen molar-refractivity contribution in [2.75, 3.05) is 18.6 Å². The highest BCUT2D eigenvalue weighted by atomic mass is 32.2. The van der Waals surface area contributed by atoms with E-state index in [0.717, 1.165) is 6.07 Å². The van der Waals surface area contributed by atoms with E-state index in [0.29, 0.717) is 5.75 Å². The van der Waals surface area contributed by atoms with E-state index in [4.69, 9.17) is 5.11 Å². The van der Waals surface area contributed by atoms with Gasteiger partial charge in [-0.3, -0.25) is 0 Å². The fraction of sp³-hybridized carbons (Fsp3) is 0.429. The van der Waals surface area contributed by atoms with E-state index in [1.54, 1.807) is 6.92 Å². The van der Waals surface area contributed by atoms with Crippen molar-refractivity contribution in [2.24, 2.45) is 0 Å². The Bertz CT molecular complexity index is 635. The number of rotatable bonds is 6. The maximum absolute atomic E-state index is 13.8. The number of halogens is 1. The minimum absolute atomic E-state index is 0.0989. The lowest BCUT2D eigenvalue weighted by molar-refractivity contribution is 0.305. The number of sulfonamides is 1. The van der Waals surface area contributed by atoms with Gasteiger partial charge in [0.1, 0.15) is 5.82 Å². The van der Waals surface area contributed by atoms with Gasteiger partial charge in [-0.15, -0.1) is 0 Å². The molecule has 0 radical (unpaired) electrons. The smallest absolute Gasteiger partial charge is 0.240 e. The number of aliphatic hydroxyl groups excluding tert-OH is 1. The van der Waals surface area contributed by atoms with Crippen LogP contribution >= 0.6 is 11.8 Å². The summed E-state index contributed by atoms with van der Waals surface area (Å²) in [5.41, 5.74) is 0.111. The van der Waals surface area contributed by atoms with Crippen molar-refractivity contribution in [2.45, 2.75) is 24.3 Å². The normalized spacial score (nSPS) is 12.6. The van der Waals surface area contributed by atoms with Crippen LogP contribution in [0.2, 0.25) is 0 Å². The summed E-state index contributed by atoms with van der Waals surface area (Å²) >= 11 is 1.52. The molecule has 0 aliphatic heterocycles. The third kappa shape index (κ3) is 5.67. The van der Waals surface area contributed by atoms with Crippen LogP contribution in [-0.2, 0) is 10.0 Å². The van der Waals surface area contributed by atoms with Gasteiger partial charge < -0.3 is 5.11 Å². The average molecular weight is 331 g/mol. The first kappa shape index (κ1) is 18.0. The highest BCUT2D eigenvalue weighted by Crippen LogP contribution is 2.15. The van der Waals surface area contributed by atoms with Crippen molar-refractivity contribution >= 4 is 21.8 Å². The summed E-state index contributed by atoms with van der Waals surface area (Å²) in [7, 11) is -3.74. The van der Waals surface area contributed by atoms with E-state index in [2.05, 4.69) is 16.6 Å². The number of nitrogens with one attached hydrogen (secondary N) is 1. The first-order chi connectivity index (χ1) is 9.90. The average Bonchev–Trinajstić information content (AvgIpc) is 2.40. The molecule has 2 N–H and O–H groups in total. The lowest BCUT2D eigenvalue weighted by Crippen LogP contribution is -2.34. The molecule has 1 rings (SSSR count).